The van der Waals surface area contributed by atoms with Gasteiger partial charge in [-0.05, 0) is 24.8 Å². The van der Waals surface area contributed by atoms with Gasteiger partial charge in [-0.3, -0.25) is 4.90 Å². The molecular weight excluding hydrogens is 210 g/mol. The van der Waals surface area contributed by atoms with Crippen molar-refractivity contribution in [3.8, 4) is 0 Å². The van der Waals surface area contributed by atoms with E-state index < -0.39 is 0 Å². The monoisotopic (exact) mass is 232 g/mol. The molecule has 1 radical (unpaired) electrons. The SMILES string of the molecule is CCCCN(Cc1ccccc1)[C]1CCCO1. The molecule has 0 aliphatic carbocycles. The van der Waals surface area contributed by atoms with Crippen molar-refractivity contribution in [2.75, 3.05) is 13.2 Å². The number of unbranched alkanes of at least 4 members (excludes halogenated alkanes) is 1. The number of ether oxygens (including phenoxy) is 1. The van der Waals surface area contributed by atoms with Gasteiger partial charge in [-0.15, -0.1) is 0 Å². The highest BCUT2D eigenvalue weighted by Gasteiger charge is 2.24. The molecule has 0 bridgehead atoms. The number of nitrogens with zero attached hydrogens (tertiary/aromatic N) is 1. The van der Waals surface area contributed by atoms with Crippen molar-refractivity contribution >= 4 is 0 Å². The van der Waals surface area contributed by atoms with Crippen LogP contribution in [0.3, 0.4) is 0 Å². The highest BCUT2D eigenvalue weighted by Crippen LogP contribution is 2.25. The van der Waals surface area contributed by atoms with Crippen LogP contribution < -0.4 is 0 Å². The lowest BCUT2D eigenvalue weighted by molar-refractivity contribution is 0.0674. The van der Waals surface area contributed by atoms with Gasteiger partial charge in [-0.25, -0.2) is 0 Å². The largest absolute Gasteiger partial charge is 0.356 e. The first-order valence-corrected chi connectivity index (χ1v) is 6.67. The second-order valence-electron chi connectivity index (χ2n) is 4.61. The predicted octanol–water partition coefficient (Wildman–Crippen LogP) is 3.59. The minimum Gasteiger partial charge on any atom is -0.356 e. The summed E-state index contributed by atoms with van der Waals surface area (Å²) < 4.78 is 5.73. The van der Waals surface area contributed by atoms with Crippen molar-refractivity contribution in [3.05, 3.63) is 42.1 Å². The van der Waals surface area contributed by atoms with Gasteiger partial charge in [0.2, 0.25) is 0 Å². The van der Waals surface area contributed by atoms with Crippen molar-refractivity contribution in [1.82, 2.24) is 4.90 Å². The Balaban J connectivity index is 1.94. The van der Waals surface area contributed by atoms with Crippen LogP contribution in [-0.4, -0.2) is 18.1 Å². The first kappa shape index (κ1) is 12.6. The molecule has 2 nitrogen and oxygen atoms in total. The minimum absolute atomic E-state index is 0.896. The van der Waals surface area contributed by atoms with Crippen LogP contribution in [0.5, 0.6) is 0 Å². The van der Waals surface area contributed by atoms with Gasteiger partial charge in [-0.2, -0.15) is 0 Å². The molecular formula is C15H22NO. The summed E-state index contributed by atoms with van der Waals surface area (Å²) in [6, 6.07) is 10.7. The second-order valence-corrected chi connectivity index (χ2v) is 4.61. The van der Waals surface area contributed by atoms with Crippen LogP contribution in [0.4, 0.5) is 0 Å². The van der Waals surface area contributed by atoms with Gasteiger partial charge in [0.15, 0.2) is 6.23 Å². The molecule has 0 amide bonds. The summed E-state index contributed by atoms with van der Waals surface area (Å²) in [7, 11) is 0. The van der Waals surface area contributed by atoms with Crippen molar-refractivity contribution in [2.45, 2.75) is 39.2 Å². The van der Waals surface area contributed by atoms with E-state index in [0.717, 1.165) is 26.1 Å². The fraction of sp³-hybridized carbons (Fsp3) is 0.533. The fourth-order valence-electron chi connectivity index (χ4n) is 2.18. The van der Waals surface area contributed by atoms with E-state index in [-0.39, 0.29) is 0 Å². The molecule has 1 aliphatic heterocycles. The van der Waals surface area contributed by atoms with Gasteiger partial charge in [0.1, 0.15) is 0 Å². The van der Waals surface area contributed by atoms with Gasteiger partial charge < -0.3 is 4.74 Å². The molecule has 0 spiro atoms. The molecule has 2 heteroatoms. The third-order valence-corrected chi connectivity index (χ3v) is 3.15. The van der Waals surface area contributed by atoms with Gasteiger partial charge in [0, 0.05) is 19.7 Å². The smallest absolute Gasteiger partial charge is 0.165 e. The highest BCUT2D eigenvalue weighted by molar-refractivity contribution is 5.15. The lowest BCUT2D eigenvalue weighted by Crippen LogP contribution is -2.28. The Morgan fingerprint density at radius 2 is 2.06 bits per heavy atom. The molecule has 1 fully saturated rings. The fourth-order valence-corrected chi connectivity index (χ4v) is 2.18. The lowest BCUT2D eigenvalue weighted by Gasteiger charge is -2.26. The summed E-state index contributed by atoms with van der Waals surface area (Å²) in [5.41, 5.74) is 1.37. The molecule has 1 heterocycles. The summed E-state index contributed by atoms with van der Waals surface area (Å²) in [6.45, 7) is 5.23. The van der Waals surface area contributed by atoms with Crippen molar-refractivity contribution in [3.63, 3.8) is 0 Å². The Labute approximate surface area is 105 Å². The number of hydrogen-bond donors (Lipinski definition) is 0. The van der Waals surface area contributed by atoms with Crippen LogP contribution in [0.15, 0.2) is 30.3 Å². The van der Waals surface area contributed by atoms with Crippen LogP contribution in [-0.2, 0) is 11.3 Å². The summed E-state index contributed by atoms with van der Waals surface area (Å²) in [5, 5.41) is 0. The zero-order valence-electron chi connectivity index (χ0n) is 10.7. The molecule has 1 aromatic carbocycles. The maximum Gasteiger partial charge on any atom is 0.165 e. The molecule has 1 aliphatic rings. The second kappa shape index (κ2) is 6.77. The van der Waals surface area contributed by atoms with E-state index in [2.05, 4.69) is 42.2 Å². The zero-order valence-corrected chi connectivity index (χ0v) is 10.7. The Bertz CT molecular complexity index is 306. The predicted molar refractivity (Wildman–Crippen MR) is 70.2 cm³/mol. The van der Waals surface area contributed by atoms with Crippen molar-refractivity contribution in [1.29, 1.82) is 0 Å². The molecule has 0 atom stereocenters. The molecule has 2 rings (SSSR count). The molecule has 0 saturated carbocycles. The van der Waals surface area contributed by atoms with E-state index in [1.165, 1.54) is 31.1 Å². The zero-order chi connectivity index (χ0) is 11.9. The van der Waals surface area contributed by atoms with E-state index in [0.29, 0.717) is 0 Å². The highest BCUT2D eigenvalue weighted by atomic mass is 16.5. The van der Waals surface area contributed by atoms with Crippen LogP contribution >= 0.6 is 0 Å². The lowest BCUT2D eigenvalue weighted by atomic mass is 10.2. The average Bonchev–Trinajstić information content (AvgIpc) is 2.89. The molecule has 17 heavy (non-hydrogen) atoms. The van der Waals surface area contributed by atoms with Gasteiger partial charge in [-0.1, -0.05) is 43.7 Å². The van der Waals surface area contributed by atoms with E-state index in [1.54, 1.807) is 0 Å². The van der Waals surface area contributed by atoms with E-state index in [9.17, 15) is 0 Å². The van der Waals surface area contributed by atoms with Crippen molar-refractivity contribution in [2.24, 2.45) is 0 Å². The minimum atomic E-state index is 0.896. The van der Waals surface area contributed by atoms with E-state index in [1.807, 2.05) is 0 Å². The van der Waals surface area contributed by atoms with Crippen LogP contribution in [0.25, 0.3) is 0 Å². The average molecular weight is 232 g/mol. The third kappa shape index (κ3) is 3.83. The van der Waals surface area contributed by atoms with E-state index >= 15 is 0 Å². The first-order chi connectivity index (χ1) is 8.40. The van der Waals surface area contributed by atoms with Gasteiger partial charge in [0.25, 0.3) is 0 Å². The number of benzene rings is 1. The van der Waals surface area contributed by atoms with E-state index in [4.69, 9.17) is 4.74 Å². The Morgan fingerprint density at radius 1 is 1.24 bits per heavy atom. The maximum atomic E-state index is 5.73. The van der Waals surface area contributed by atoms with Gasteiger partial charge >= 0.3 is 0 Å². The summed E-state index contributed by atoms with van der Waals surface area (Å²) in [6.07, 6.45) is 5.95. The Kier molecular flexibility index (Phi) is 5.02. The van der Waals surface area contributed by atoms with Crippen molar-refractivity contribution < 1.29 is 4.74 Å². The molecule has 0 unspecified atom stereocenters. The summed E-state index contributed by atoms with van der Waals surface area (Å²) in [5.74, 6) is 0. The third-order valence-electron chi connectivity index (χ3n) is 3.15. The first-order valence-electron chi connectivity index (χ1n) is 6.67. The quantitative estimate of drug-likeness (QED) is 0.743. The molecule has 0 N–H and O–H groups in total. The van der Waals surface area contributed by atoms with Crippen LogP contribution in [0.1, 0.15) is 38.2 Å². The maximum absolute atomic E-state index is 5.73. The summed E-state index contributed by atoms with van der Waals surface area (Å²) >= 11 is 0. The molecule has 1 aromatic rings. The molecule has 93 valence electrons. The Morgan fingerprint density at radius 3 is 2.71 bits per heavy atom. The number of rotatable bonds is 6. The molecule has 0 aromatic heterocycles. The standard InChI is InChI=1S/C15H22NO/c1-2-3-11-16(15-10-7-12-17-15)13-14-8-5-4-6-9-14/h4-6,8-9H,2-3,7,10-13H2,1H3. The Hall–Kier alpha value is -0.860. The number of hydrogen-bond acceptors (Lipinski definition) is 2. The summed E-state index contributed by atoms with van der Waals surface area (Å²) in [4.78, 5) is 2.41. The van der Waals surface area contributed by atoms with Crippen LogP contribution in [0, 0.1) is 6.23 Å². The van der Waals surface area contributed by atoms with Gasteiger partial charge in [0.05, 0.1) is 0 Å². The topological polar surface area (TPSA) is 12.5 Å². The molecule has 1 saturated heterocycles. The van der Waals surface area contributed by atoms with Crippen LogP contribution in [0.2, 0.25) is 0 Å². The normalized spacial score (nSPS) is 16.8.